The van der Waals surface area contributed by atoms with Crippen LogP contribution in [0, 0.1) is 0 Å². The Kier molecular flexibility index (Phi) is 4.56. The lowest BCUT2D eigenvalue weighted by Crippen LogP contribution is -1.93. The van der Waals surface area contributed by atoms with Gasteiger partial charge in [0.25, 0.3) is 0 Å². The molecular weight excluding hydrogens is 364 g/mol. The molecule has 2 heterocycles. The van der Waals surface area contributed by atoms with Crippen LogP contribution in [0.5, 0.6) is 0 Å². The predicted octanol–water partition coefficient (Wildman–Crippen LogP) is 5.85. The zero-order chi connectivity index (χ0) is 17.9. The van der Waals surface area contributed by atoms with E-state index in [2.05, 4.69) is 15.3 Å². The Labute approximate surface area is 160 Å². The normalized spacial score (nSPS) is 10.7. The Morgan fingerprint density at radius 1 is 0.846 bits per heavy atom. The molecule has 0 radical (unpaired) electrons. The highest BCUT2D eigenvalue weighted by molar-refractivity contribution is 7.19. The Balaban J connectivity index is 1.74. The van der Waals surface area contributed by atoms with E-state index < -0.39 is 0 Å². The van der Waals surface area contributed by atoms with E-state index in [0.29, 0.717) is 10.8 Å². The molecule has 2 aromatic heterocycles. The molecule has 0 aliphatic rings. The first-order valence-electron chi connectivity index (χ1n) is 7.99. The van der Waals surface area contributed by atoms with Gasteiger partial charge >= 0.3 is 0 Å². The molecule has 128 valence electrons. The summed E-state index contributed by atoms with van der Waals surface area (Å²) in [6, 6.07) is 19.5. The van der Waals surface area contributed by atoms with E-state index in [0.717, 1.165) is 32.4 Å². The highest BCUT2D eigenvalue weighted by atomic mass is 35.5. The molecule has 0 aliphatic heterocycles. The molecular formula is C20H15ClN4S. The van der Waals surface area contributed by atoms with Crippen LogP contribution in [0.2, 0.25) is 5.02 Å². The molecule has 4 nitrogen and oxygen atoms in total. The molecule has 2 aromatic carbocycles. The molecule has 0 amide bonds. The zero-order valence-corrected chi connectivity index (χ0v) is 15.3. The van der Waals surface area contributed by atoms with Crippen LogP contribution >= 0.6 is 22.9 Å². The third kappa shape index (κ3) is 3.40. The Morgan fingerprint density at radius 3 is 2.42 bits per heavy atom. The number of nitrogens with one attached hydrogen (secondary N) is 1. The Morgan fingerprint density at radius 2 is 1.62 bits per heavy atom. The van der Waals surface area contributed by atoms with Gasteiger partial charge in [-0.25, -0.2) is 9.97 Å². The van der Waals surface area contributed by atoms with Crippen molar-refractivity contribution in [1.82, 2.24) is 9.97 Å². The maximum atomic E-state index is 6.39. The number of hydrogen-bond donors (Lipinski definition) is 2. The van der Waals surface area contributed by atoms with Crippen molar-refractivity contribution in [2.75, 3.05) is 11.1 Å². The molecule has 0 spiro atoms. The standard InChI is InChI=1S/C20H15ClN4S/c21-17-9-5-4-8-14(17)16-11-23-19(22)10-15(16)18-12-24-20(26-18)25-13-6-2-1-3-7-13/h1-12H,(H2,22,23)(H,24,25). The number of nitrogens with two attached hydrogens (primary N) is 1. The molecule has 26 heavy (non-hydrogen) atoms. The second-order valence-corrected chi connectivity index (χ2v) is 7.09. The highest BCUT2D eigenvalue weighted by Crippen LogP contribution is 2.39. The summed E-state index contributed by atoms with van der Waals surface area (Å²) in [6.45, 7) is 0. The van der Waals surface area contributed by atoms with E-state index >= 15 is 0 Å². The third-order valence-corrected chi connectivity index (χ3v) is 5.16. The van der Waals surface area contributed by atoms with Gasteiger partial charge in [-0.15, -0.1) is 0 Å². The number of nitrogens with zero attached hydrogens (tertiary/aromatic N) is 2. The molecule has 0 atom stereocenters. The summed E-state index contributed by atoms with van der Waals surface area (Å²) in [7, 11) is 0. The van der Waals surface area contributed by atoms with Crippen LogP contribution in [-0.2, 0) is 0 Å². The predicted molar refractivity (Wildman–Crippen MR) is 110 cm³/mol. The average molecular weight is 379 g/mol. The second kappa shape index (κ2) is 7.15. The molecule has 4 rings (SSSR count). The number of rotatable bonds is 4. The molecule has 0 bridgehead atoms. The van der Waals surface area contributed by atoms with E-state index in [1.807, 2.05) is 66.9 Å². The quantitative estimate of drug-likeness (QED) is 0.467. The molecule has 0 aliphatic carbocycles. The summed E-state index contributed by atoms with van der Waals surface area (Å²) in [5.41, 5.74) is 9.74. The smallest absolute Gasteiger partial charge is 0.187 e. The first-order chi connectivity index (χ1) is 12.7. The van der Waals surface area contributed by atoms with Crippen molar-refractivity contribution in [2.45, 2.75) is 0 Å². The lowest BCUT2D eigenvalue weighted by Gasteiger charge is -2.10. The van der Waals surface area contributed by atoms with E-state index in [4.69, 9.17) is 17.3 Å². The van der Waals surface area contributed by atoms with Crippen LogP contribution in [0.3, 0.4) is 0 Å². The first-order valence-corrected chi connectivity index (χ1v) is 9.19. The van der Waals surface area contributed by atoms with Gasteiger partial charge in [0.15, 0.2) is 5.13 Å². The van der Waals surface area contributed by atoms with Crippen molar-refractivity contribution in [3.05, 3.63) is 78.1 Å². The zero-order valence-electron chi connectivity index (χ0n) is 13.7. The second-order valence-electron chi connectivity index (χ2n) is 5.66. The fraction of sp³-hybridized carbons (Fsp3) is 0. The minimum atomic E-state index is 0.460. The van der Waals surface area contributed by atoms with Gasteiger partial charge in [0.1, 0.15) is 5.82 Å². The van der Waals surface area contributed by atoms with Crippen molar-refractivity contribution < 1.29 is 0 Å². The highest BCUT2D eigenvalue weighted by Gasteiger charge is 2.14. The lowest BCUT2D eigenvalue weighted by atomic mass is 10.0. The van der Waals surface area contributed by atoms with Gasteiger partial charge < -0.3 is 11.1 Å². The number of para-hydroxylation sites is 1. The summed E-state index contributed by atoms with van der Waals surface area (Å²) in [4.78, 5) is 9.73. The molecule has 4 aromatic rings. The number of halogens is 1. The minimum absolute atomic E-state index is 0.460. The molecule has 0 saturated heterocycles. The summed E-state index contributed by atoms with van der Waals surface area (Å²) in [6.07, 6.45) is 3.60. The maximum absolute atomic E-state index is 6.39. The number of thiazole rings is 1. The van der Waals surface area contributed by atoms with Crippen LogP contribution in [0.4, 0.5) is 16.6 Å². The summed E-state index contributed by atoms with van der Waals surface area (Å²) < 4.78 is 0. The van der Waals surface area contributed by atoms with Gasteiger partial charge in [0.05, 0.1) is 4.88 Å². The molecule has 3 N–H and O–H groups in total. The molecule has 0 unspecified atom stereocenters. The largest absolute Gasteiger partial charge is 0.384 e. The first kappa shape index (κ1) is 16.6. The van der Waals surface area contributed by atoms with Gasteiger partial charge in [0.2, 0.25) is 0 Å². The van der Waals surface area contributed by atoms with E-state index in [1.54, 1.807) is 17.5 Å². The lowest BCUT2D eigenvalue weighted by molar-refractivity contribution is 1.33. The van der Waals surface area contributed by atoms with Gasteiger partial charge in [-0.3, -0.25) is 0 Å². The molecule has 0 fully saturated rings. The Hall–Kier alpha value is -2.89. The maximum Gasteiger partial charge on any atom is 0.187 e. The van der Waals surface area contributed by atoms with Crippen molar-refractivity contribution in [1.29, 1.82) is 0 Å². The summed E-state index contributed by atoms with van der Waals surface area (Å²) >= 11 is 7.94. The summed E-state index contributed by atoms with van der Waals surface area (Å²) in [5.74, 6) is 0.460. The van der Waals surface area contributed by atoms with Crippen molar-refractivity contribution in [3.8, 4) is 21.6 Å². The number of benzene rings is 2. The van der Waals surface area contributed by atoms with Crippen LogP contribution in [0.1, 0.15) is 0 Å². The van der Waals surface area contributed by atoms with Gasteiger partial charge in [0, 0.05) is 39.8 Å². The van der Waals surface area contributed by atoms with Gasteiger partial charge in [-0.05, 0) is 24.3 Å². The molecule has 6 heteroatoms. The average Bonchev–Trinajstić information content (AvgIpc) is 3.12. The number of nitrogen functional groups attached to an aromatic ring is 1. The van der Waals surface area contributed by atoms with Gasteiger partial charge in [-0.2, -0.15) is 0 Å². The monoisotopic (exact) mass is 378 g/mol. The van der Waals surface area contributed by atoms with E-state index in [9.17, 15) is 0 Å². The third-order valence-electron chi connectivity index (χ3n) is 3.89. The van der Waals surface area contributed by atoms with Crippen LogP contribution in [-0.4, -0.2) is 9.97 Å². The van der Waals surface area contributed by atoms with Gasteiger partial charge in [-0.1, -0.05) is 59.3 Å². The van der Waals surface area contributed by atoms with Crippen molar-refractivity contribution in [3.63, 3.8) is 0 Å². The fourth-order valence-electron chi connectivity index (χ4n) is 2.67. The van der Waals surface area contributed by atoms with Crippen molar-refractivity contribution >= 4 is 39.6 Å². The van der Waals surface area contributed by atoms with Crippen LogP contribution in [0.25, 0.3) is 21.6 Å². The minimum Gasteiger partial charge on any atom is -0.384 e. The number of aromatic nitrogens is 2. The SMILES string of the molecule is Nc1cc(-c2cnc(Nc3ccccc3)s2)c(-c2ccccc2Cl)cn1. The molecule has 0 saturated carbocycles. The van der Waals surface area contributed by atoms with E-state index in [-0.39, 0.29) is 0 Å². The number of pyridine rings is 1. The van der Waals surface area contributed by atoms with Crippen molar-refractivity contribution in [2.24, 2.45) is 0 Å². The fourth-order valence-corrected chi connectivity index (χ4v) is 3.78. The topological polar surface area (TPSA) is 63.8 Å². The number of anilines is 3. The van der Waals surface area contributed by atoms with E-state index in [1.165, 1.54) is 0 Å². The van der Waals surface area contributed by atoms with Crippen LogP contribution in [0.15, 0.2) is 73.1 Å². The Bertz CT molecular complexity index is 1050. The number of hydrogen-bond acceptors (Lipinski definition) is 5. The van der Waals surface area contributed by atoms with Crippen LogP contribution < -0.4 is 11.1 Å². The summed E-state index contributed by atoms with van der Waals surface area (Å²) in [5, 5.41) is 4.80.